The molecule has 2 aliphatic heterocycles. The van der Waals surface area contributed by atoms with Crippen molar-refractivity contribution >= 4 is 11.6 Å². The van der Waals surface area contributed by atoms with Gasteiger partial charge in [-0.25, -0.2) is 0 Å². The third-order valence-electron chi connectivity index (χ3n) is 6.77. The van der Waals surface area contributed by atoms with Gasteiger partial charge in [-0.15, -0.1) is 0 Å². The first-order valence-corrected chi connectivity index (χ1v) is 10.5. The molecule has 0 radical (unpaired) electrons. The Balaban J connectivity index is 1.31. The Bertz CT molecular complexity index is 905. The summed E-state index contributed by atoms with van der Waals surface area (Å²) in [6.07, 6.45) is 9.93. The summed E-state index contributed by atoms with van der Waals surface area (Å²) in [6, 6.07) is 7.67. The fourth-order valence-corrected chi connectivity index (χ4v) is 4.85. The number of carbonyl (C=O) groups is 1. The van der Waals surface area contributed by atoms with Gasteiger partial charge < -0.3 is 10.2 Å². The van der Waals surface area contributed by atoms with Crippen LogP contribution < -0.4 is 5.32 Å². The van der Waals surface area contributed by atoms with E-state index in [0.29, 0.717) is 13.1 Å². The van der Waals surface area contributed by atoms with Crippen LogP contribution in [-0.2, 0) is 25.9 Å². The topological polar surface area (TPSA) is 48.5 Å². The molecule has 0 atom stereocenters. The van der Waals surface area contributed by atoms with Crippen LogP contribution in [0.1, 0.15) is 51.9 Å². The Labute approximate surface area is 166 Å². The summed E-state index contributed by atoms with van der Waals surface area (Å²) >= 11 is 0. The van der Waals surface area contributed by atoms with Crippen molar-refractivity contribution in [3.8, 4) is 0 Å². The Morgan fingerprint density at radius 3 is 2.71 bits per heavy atom. The maximum Gasteiger partial charge on any atom is 0.256 e. The van der Waals surface area contributed by atoms with Gasteiger partial charge in [-0.1, -0.05) is 24.6 Å². The van der Waals surface area contributed by atoms with Crippen LogP contribution >= 0.6 is 0 Å². The Morgan fingerprint density at radius 2 is 1.96 bits per heavy atom. The molecular weight excluding hydrogens is 348 g/mol. The van der Waals surface area contributed by atoms with Crippen LogP contribution in [0.15, 0.2) is 30.6 Å². The zero-order chi connectivity index (χ0) is 19.1. The number of hydrogen-bond donors (Lipinski definition) is 1. The smallest absolute Gasteiger partial charge is 0.256 e. The molecular formula is C23H28N4O. The van der Waals surface area contributed by atoms with Gasteiger partial charge in [0.2, 0.25) is 0 Å². The minimum atomic E-state index is 0.0886. The summed E-state index contributed by atoms with van der Waals surface area (Å²) in [4.78, 5) is 21.7. The van der Waals surface area contributed by atoms with E-state index in [-0.39, 0.29) is 5.91 Å². The number of nitrogens with one attached hydrogen (secondary N) is 1. The average Bonchev–Trinajstić information content (AvgIpc) is 2.85. The van der Waals surface area contributed by atoms with Gasteiger partial charge in [0, 0.05) is 51.0 Å². The molecule has 1 aliphatic carbocycles. The Kier molecular flexibility index (Phi) is 4.55. The number of amides is 1. The highest BCUT2D eigenvalue weighted by Crippen LogP contribution is 2.30. The van der Waals surface area contributed by atoms with Gasteiger partial charge in [0.05, 0.1) is 17.4 Å². The molecule has 1 aromatic heterocycles. The predicted molar refractivity (Wildman–Crippen MR) is 110 cm³/mol. The largest absolute Gasteiger partial charge is 0.387 e. The van der Waals surface area contributed by atoms with E-state index < -0.39 is 0 Å². The molecule has 5 nitrogen and oxygen atoms in total. The lowest BCUT2D eigenvalue weighted by Crippen LogP contribution is -2.41. The van der Waals surface area contributed by atoms with Crippen LogP contribution in [0.5, 0.6) is 0 Å². The van der Waals surface area contributed by atoms with Crippen LogP contribution in [0.25, 0.3) is 0 Å². The molecule has 1 amide bonds. The van der Waals surface area contributed by atoms with Crippen molar-refractivity contribution in [3.63, 3.8) is 0 Å². The first-order chi connectivity index (χ1) is 13.7. The maximum absolute atomic E-state index is 12.8. The number of fused-ring (bicyclic) bond motifs is 2. The lowest BCUT2D eigenvalue weighted by atomic mass is 9.91. The Hall–Kier alpha value is -2.40. The fraction of sp³-hybridized carbons (Fsp3) is 0.478. The quantitative estimate of drug-likeness (QED) is 0.890. The molecule has 0 spiro atoms. The molecule has 0 saturated heterocycles. The van der Waals surface area contributed by atoms with Crippen LogP contribution in [0.3, 0.4) is 0 Å². The molecule has 0 unspecified atom stereocenters. The number of nitrogens with zero attached hydrogens (tertiary/aromatic N) is 3. The number of rotatable bonds is 4. The molecule has 3 heterocycles. The third kappa shape index (κ3) is 3.08. The van der Waals surface area contributed by atoms with E-state index >= 15 is 0 Å². The maximum atomic E-state index is 12.8. The van der Waals surface area contributed by atoms with Crippen LogP contribution in [0.2, 0.25) is 0 Å². The standard InChI is InChI=1S/C23H28N4O/c1-24-22-13-25-12-20-21(22)15-27(23(20)28)14-16-5-6-17-7-9-26(19-3-2-4-19)10-8-18(17)11-16/h5-6,11-13,19,24H,2-4,7-10,14-15H2,1H3. The van der Waals surface area contributed by atoms with Gasteiger partial charge in [-0.3, -0.25) is 14.7 Å². The molecule has 1 aromatic carbocycles. The van der Waals surface area contributed by atoms with Crippen molar-refractivity contribution in [3.05, 3.63) is 58.4 Å². The minimum Gasteiger partial charge on any atom is -0.387 e. The number of benzene rings is 1. The van der Waals surface area contributed by atoms with Crippen molar-refractivity contribution < 1.29 is 4.79 Å². The van der Waals surface area contributed by atoms with E-state index in [4.69, 9.17) is 0 Å². The number of aromatic nitrogens is 1. The summed E-state index contributed by atoms with van der Waals surface area (Å²) in [6.45, 7) is 3.68. The average molecular weight is 377 g/mol. The second-order valence-corrected chi connectivity index (χ2v) is 8.35. The van der Waals surface area contributed by atoms with Crippen LogP contribution in [0.4, 0.5) is 5.69 Å². The summed E-state index contributed by atoms with van der Waals surface area (Å²) < 4.78 is 0. The highest BCUT2D eigenvalue weighted by Gasteiger charge is 2.30. The van der Waals surface area contributed by atoms with Crippen molar-refractivity contribution in [1.82, 2.24) is 14.8 Å². The normalized spacial score (nSPS) is 19.8. The molecule has 2 aromatic rings. The summed E-state index contributed by atoms with van der Waals surface area (Å²) in [5.74, 6) is 0.0886. The fourth-order valence-electron chi connectivity index (χ4n) is 4.85. The van der Waals surface area contributed by atoms with E-state index in [2.05, 4.69) is 33.4 Å². The van der Waals surface area contributed by atoms with Gasteiger partial charge >= 0.3 is 0 Å². The van der Waals surface area contributed by atoms with Gasteiger partial charge in [-0.05, 0) is 42.4 Å². The van der Waals surface area contributed by atoms with E-state index in [1.54, 1.807) is 12.4 Å². The zero-order valence-corrected chi connectivity index (χ0v) is 16.6. The molecule has 5 rings (SSSR count). The molecule has 1 saturated carbocycles. The van der Waals surface area contributed by atoms with E-state index in [9.17, 15) is 4.79 Å². The van der Waals surface area contributed by atoms with E-state index in [0.717, 1.165) is 35.7 Å². The van der Waals surface area contributed by atoms with Gasteiger partial charge in [-0.2, -0.15) is 0 Å². The molecule has 146 valence electrons. The summed E-state index contributed by atoms with van der Waals surface area (Å²) in [5.41, 5.74) is 6.94. The second kappa shape index (κ2) is 7.21. The number of pyridine rings is 1. The third-order valence-corrected chi connectivity index (χ3v) is 6.77. The second-order valence-electron chi connectivity index (χ2n) is 8.35. The molecule has 5 heteroatoms. The molecule has 3 aliphatic rings. The SMILES string of the molecule is CNc1cncc2c1CN(Cc1ccc3c(c1)CCN(C1CCC1)CC3)C2=O. The van der Waals surface area contributed by atoms with Crippen molar-refractivity contribution in [1.29, 1.82) is 0 Å². The first kappa shape index (κ1) is 17.7. The lowest BCUT2D eigenvalue weighted by Gasteiger charge is -2.36. The van der Waals surface area contributed by atoms with Crippen LogP contribution in [0, 0.1) is 0 Å². The first-order valence-electron chi connectivity index (χ1n) is 10.5. The lowest BCUT2D eigenvalue weighted by molar-refractivity contribution is 0.0766. The van der Waals surface area contributed by atoms with E-state index in [1.165, 1.54) is 49.0 Å². The summed E-state index contributed by atoms with van der Waals surface area (Å²) in [5, 5.41) is 3.16. The Morgan fingerprint density at radius 1 is 1.14 bits per heavy atom. The van der Waals surface area contributed by atoms with Gasteiger partial charge in [0.15, 0.2) is 0 Å². The number of carbonyl (C=O) groups excluding carboxylic acids is 1. The molecule has 1 N–H and O–H groups in total. The molecule has 1 fully saturated rings. The van der Waals surface area contributed by atoms with E-state index in [1.807, 2.05) is 11.9 Å². The van der Waals surface area contributed by atoms with Crippen LogP contribution in [-0.4, -0.2) is 46.9 Å². The number of hydrogen-bond acceptors (Lipinski definition) is 4. The minimum absolute atomic E-state index is 0.0886. The highest BCUT2D eigenvalue weighted by molar-refractivity contribution is 5.99. The van der Waals surface area contributed by atoms with Gasteiger partial charge in [0.1, 0.15) is 0 Å². The molecule has 0 bridgehead atoms. The van der Waals surface area contributed by atoms with Crippen molar-refractivity contribution in [2.45, 2.75) is 51.2 Å². The molecule has 28 heavy (non-hydrogen) atoms. The van der Waals surface area contributed by atoms with Crippen molar-refractivity contribution in [2.24, 2.45) is 0 Å². The summed E-state index contributed by atoms with van der Waals surface area (Å²) in [7, 11) is 1.88. The van der Waals surface area contributed by atoms with Gasteiger partial charge in [0.25, 0.3) is 5.91 Å². The van der Waals surface area contributed by atoms with Crippen molar-refractivity contribution in [2.75, 3.05) is 25.5 Å². The number of anilines is 1. The zero-order valence-electron chi connectivity index (χ0n) is 16.6. The predicted octanol–water partition coefficient (Wildman–Crippen LogP) is 3.23. The highest BCUT2D eigenvalue weighted by atomic mass is 16.2. The monoisotopic (exact) mass is 376 g/mol.